The number of imidazole rings is 1. The second kappa shape index (κ2) is 5.13. The lowest BCUT2D eigenvalue weighted by Gasteiger charge is -2.06. The van der Waals surface area contributed by atoms with Gasteiger partial charge < -0.3 is 9.55 Å². The highest BCUT2D eigenvalue weighted by molar-refractivity contribution is 5.61. The van der Waals surface area contributed by atoms with Crippen molar-refractivity contribution in [3.8, 4) is 22.8 Å². The summed E-state index contributed by atoms with van der Waals surface area (Å²) in [4.78, 5) is 23.3. The summed E-state index contributed by atoms with van der Waals surface area (Å²) in [5.41, 5.74) is 2.22. The molecule has 20 heavy (non-hydrogen) atoms. The molecule has 0 fully saturated rings. The predicted molar refractivity (Wildman–Crippen MR) is 77.2 cm³/mol. The lowest BCUT2D eigenvalue weighted by Crippen LogP contribution is -2.10. The molecule has 1 aromatic carbocycles. The monoisotopic (exact) mass is 266 g/mol. The van der Waals surface area contributed by atoms with Crippen molar-refractivity contribution < 1.29 is 0 Å². The molecule has 3 rings (SSSR count). The van der Waals surface area contributed by atoms with Crippen molar-refractivity contribution in [1.29, 1.82) is 0 Å². The van der Waals surface area contributed by atoms with Gasteiger partial charge in [-0.25, -0.2) is 9.97 Å². The smallest absolute Gasteiger partial charge is 0.251 e. The minimum atomic E-state index is -0.169. The van der Waals surface area contributed by atoms with Crippen molar-refractivity contribution >= 4 is 0 Å². The fourth-order valence-corrected chi connectivity index (χ4v) is 2.11. The zero-order valence-corrected chi connectivity index (χ0v) is 11.1. The zero-order valence-electron chi connectivity index (χ0n) is 11.1. The van der Waals surface area contributed by atoms with Crippen molar-refractivity contribution in [3.05, 3.63) is 59.3 Å². The van der Waals surface area contributed by atoms with Crippen molar-refractivity contribution in [2.45, 2.75) is 13.5 Å². The normalized spacial score (nSPS) is 10.7. The number of hydrogen-bond donors (Lipinski definition) is 1. The van der Waals surface area contributed by atoms with E-state index < -0.39 is 0 Å². The highest BCUT2D eigenvalue weighted by Gasteiger charge is 2.09. The van der Waals surface area contributed by atoms with E-state index in [1.54, 1.807) is 12.5 Å². The molecule has 0 unspecified atom stereocenters. The van der Waals surface area contributed by atoms with Crippen LogP contribution in [0.1, 0.15) is 6.92 Å². The van der Waals surface area contributed by atoms with E-state index in [-0.39, 0.29) is 5.56 Å². The van der Waals surface area contributed by atoms with Gasteiger partial charge in [-0.3, -0.25) is 4.79 Å². The first-order chi connectivity index (χ1) is 9.78. The van der Waals surface area contributed by atoms with Gasteiger partial charge in [0.1, 0.15) is 5.69 Å². The second-order valence-electron chi connectivity index (χ2n) is 4.41. The summed E-state index contributed by atoms with van der Waals surface area (Å²) in [7, 11) is 0. The Morgan fingerprint density at radius 3 is 2.80 bits per heavy atom. The lowest BCUT2D eigenvalue weighted by atomic mass is 10.1. The zero-order chi connectivity index (χ0) is 13.9. The van der Waals surface area contributed by atoms with Crippen LogP contribution >= 0.6 is 0 Å². The molecule has 0 amide bonds. The first kappa shape index (κ1) is 12.3. The number of nitrogens with zero attached hydrogens (tertiary/aromatic N) is 3. The van der Waals surface area contributed by atoms with E-state index in [0.29, 0.717) is 11.5 Å². The molecule has 0 aliphatic heterocycles. The molecule has 0 bridgehead atoms. The minimum absolute atomic E-state index is 0.169. The molecule has 0 spiro atoms. The minimum Gasteiger partial charge on any atom is -0.328 e. The Kier molecular flexibility index (Phi) is 3.16. The van der Waals surface area contributed by atoms with Crippen LogP contribution in [0, 0.1) is 0 Å². The molecular weight excluding hydrogens is 252 g/mol. The topological polar surface area (TPSA) is 63.6 Å². The van der Waals surface area contributed by atoms with Crippen molar-refractivity contribution in [2.75, 3.05) is 0 Å². The Hall–Kier alpha value is -2.69. The van der Waals surface area contributed by atoms with Gasteiger partial charge in [0.05, 0.1) is 18.2 Å². The first-order valence-corrected chi connectivity index (χ1v) is 6.45. The standard InChI is InChI=1S/C15H14N4O/c1-2-19-10-16-9-13(19)15-17-12(8-14(20)18-15)11-6-4-3-5-7-11/h3-10H,2H2,1H3,(H,17,18,20). The average Bonchev–Trinajstić information content (AvgIpc) is 2.96. The summed E-state index contributed by atoms with van der Waals surface area (Å²) in [5, 5.41) is 0. The van der Waals surface area contributed by atoms with Crippen LogP contribution in [0.2, 0.25) is 0 Å². The largest absolute Gasteiger partial charge is 0.328 e. The van der Waals surface area contributed by atoms with Crippen LogP contribution in [-0.4, -0.2) is 19.5 Å². The number of rotatable bonds is 3. The highest BCUT2D eigenvalue weighted by atomic mass is 16.1. The molecule has 0 atom stereocenters. The van der Waals surface area contributed by atoms with Crippen LogP contribution in [0.25, 0.3) is 22.8 Å². The molecule has 0 saturated heterocycles. The molecular formula is C15H14N4O. The third kappa shape index (κ3) is 2.25. The maximum absolute atomic E-state index is 11.9. The molecule has 0 aliphatic rings. The maximum atomic E-state index is 11.9. The number of H-pyrrole nitrogens is 1. The number of benzene rings is 1. The van der Waals surface area contributed by atoms with E-state index >= 15 is 0 Å². The quantitative estimate of drug-likeness (QED) is 0.791. The molecule has 100 valence electrons. The van der Waals surface area contributed by atoms with Gasteiger partial charge in [0, 0.05) is 18.2 Å². The fraction of sp³-hybridized carbons (Fsp3) is 0.133. The van der Waals surface area contributed by atoms with Crippen molar-refractivity contribution in [1.82, 2.24) is 19.5 Å². The fourth-order valence-electron chi connectivity index (χ4n) is 2.11. The van der Waals surface area contributed by atoms with Gasteiger partial charge in [-0.15, -0.1) is 0 Å². The number of aromatic amines is 1. The Balaban J connectivity index is 2.15. The van der Waals surface area contributed by atoms with E-state index in [1.807, 2.05) is 41.8 Å². The molecule has 0 saturated carbocycles. The van der Waals surface area contributed by atoms with E-state index in [4.69, 9.17) is 0 Å². The van der Waals surface area contributed by atoms with E-state index in [0.717, 1.165) is 17.8 Å². The predicted octanol–water partition coefficient (Wildman–Crippen LogP) is 2.32. The number of aryl methyl sites for hydroxylation is 1. The second-order valence-corrected chi connectivity index (χ2v) is 4.41. The molecule has 2 heterocycles. The lowest BCUT2D eigenvalue weighted by molar-refractivity contribution is 0.763. The Labute approximate surface area is 116 Å². The summed E-state index contributed by atoms with van der Waals surface area (Å²) in [6.45, 7) is 2.79. The van der Waals surface area contributed by atoms with E-state index in [9.17, 15) is 4.79 Å². The summed E-state index contributed by atoms with van der Waals surface area (Å²) in [5.74, 6) is 0.538. The first-order valence-electron chi connectivity index (χ1n) is 6.45. The molecule has 2 aromatic heterocycles. The van der Waals surface area contributed by atoms with Gasteiger partial charge in [0.2, 0.25) is 0 Å². The molecule has 1 N–H and O–H groups in total. The van der Waals surface area contributed by atoms with Crippen LogP contribution < -0.4 is 5.56 Å². The summed E-state index contributed by atoms with van der Waals surface area (Å²) in [6, 6.07) is 11.2. The van der Waals surface area contributed by atoms with Gasteiger partial charge in [-0.1, -0.05) is 30.3 Å². The van der Waals surface area contributed by atoms with Crippen LogP contribution in [0.4, 0.5) is 0 Å². The Morgan fingerprint density at radius 2 is 2.05 bits per heavy atom. The van der Waals surface area contributed by atoms with Gasteiger partial charge in [0.15, 0.2) is 5.82 Å². The third-order valence-corrected chi connectivity index (χ3v) is 3.11. The number of nitrogens with one attached hydrogen (secondary N) is 1. The average molecular weight is 266 g/mol. The van der Waals surface area contributed by atoms with Gasteiger partial charge in [0.25, 0.3) is 5.56 Å². The Bertz CT molecular complexity index is 774. The summed E-state index contributed by atoms with van der Waals surface area (Å²) < 4.78 is 1.94. The maximum Gasteiger partial charge on any atom is 0.251 e. The van der Waals surface area contributed by atoms with Crippen LogP contribution in [0.15, 0.2) is 53.7 Å². The third-order valence-electron chi connectivity index (χ3n) is 3.11. The summed E-state index contributed by atoms with van der Waals surface area (Å²) in [6.07, 6.45) is 3.43. The molecule has 5 nitrogen and oxygen atoms in total. The van der Waals surface area contributed by atoms with Crippen LogP contribution in [0.5, 0.6) is 0 Å². The van der Waals surface area contributed by atoms with Crippen molar-refractivity contribution in [2.24, 2.45) is 0 Å². The molecule has 3 aromatic rings. The highest BCUT2D eigenvalue weighted by Crippen LogP contribution is 2.18. The van der Waals surface area contributed by atoms with Gasteiger partial charge in [-0.05, 0) is 6.92 Å². The SMILES string of the molecule is CCn1cncc1-c1nc(-c2ccccc2)cc(=O)[nH]1. The molecule has 0 radical (unpaired) electrons. The number of hydrogen-bond acceptors (Lipinski definition) is 3. The summed E-state index contributed by atoms with van der Waals surface area (Å²) >= 11 is 0. The molecule has 5 heteroatoms. The number of aromatic nitrogens is 4. The van der Waals surface area contributed by atoms with E-state index in [2.05, 4.69) is 15.0 Å². The van der Waals surface area contributed by atoms with Crippen LogP contribution in [-0.2, 0) is 6.54 Å². The van der Waals surface area contributed by atoms with Crippen LogP contribution in [0.3, 0.4) is 0 Å². The van der Waals surface area contributed by atoms with Gasteiger partial charge in [-0.2, -0.15) is 0 Å². The Morgan fingerprint density at radius 1 is 1.25 bits per heavy atom. The van der Waals surface area contributed by atoms with Gasteiger partial charge >= 0.3 is 0 Å². The van der Waals surface area contributed by atoms with E-state index in [1.165, 1.54) is 6.07 Å². The van der Waals surface area contributed by atoms with Crippen molar-refractivity contribution in [3.63, 3.8) is 0 Å². The molecule has 0 aliphatic carbocycles.